The minimum absolute atomic E-state index is 0.0389. The minimum atomic E-state index is -1.37. The molecule has 102 valence electrons. The lowest BCUT2D eigenvalue weighted by Crippen LogP contribution is -2.52. The fourth-order valence-electron chi connectivity index (χ4n) is 1.78. The predicted molar refractivity (Wildman–Crippen MR) is 65.3 cm³/mol. The van der Waals surface area contributed by atoms with E-state index in [0.29, 0.717) is 0 Å². The molecule has 0 aliphatic carbocycles. The molecule has 0 radical (unpaired) electrons. The summed E-state index contributed by atoms with van der Waals surface area (Å²) in [5, 5.41) is 9.15. The first kappa shape index (κ1) is 13.4. The van der Waals surface area contributed by atoms with Crippen molar-refractivity contribution < 1.29 is 24.2 Å². The lowest BCUT2D eigenvalue weighted by atomic mass is 10.0. The second-order valence-corrected chi connectivity index (χ2v) is 4.52. The molecular formula is C13H15NO5. The topological polar surface area (TPSA) is 76.1 Å². The number of carboxylic acid groups (broad SMARTS) is 1. The Morgan fingerprint density at radius 3 is 2.74 bits per heavy atom. The molecule has 1 aromatic rings. The highest BCUT2D eigenvalue weighted by Gasteiger charge is 2.48. The number of amides is 1. The molecule has 0 aromatic heterocycles. The van der Waals surface area contributed by atoms with Crippen LogP contribution in [0.4, 0.5) is 4.79 Å². The van der Waals surface area contributed by atoms with Crippen molar-refractivity contribution in [3.05, 3.63) is 35.9 Å². The lowest BCUT2D eigenvalue weighted by molar-refractivity contribution is -0.147. The maximum atomic E-state index is 11.9. The standard InChI is InChI=1S/C13H15NO5/c1-13(11(15)16)8-18-9-14(13)12(17)19-7-10-5-3-2-4-6-10/h2-6H,7-9H2,1H3,(H,15,16)/t13-/m0/s1. The molecule has 1 heterocycles. The first-order chi connectivity index (χ1) is 9.04. The van der Waals surface area contributed by atoms with E-state index in [2.05, 4.69) is 0 Å². The van der Waals surface area contributed by atoms with Gasteiger partial charge in [-0.2, -0.15) is 0 Å². The van der Waals surface area contributed by atoms with Gasteiger partial charge in [0.2, 0.25) is 0 Å². The van der Waals surface area contributed by atoms with E-state index in [0.717, 1.165) is 10.5 Å². The summed E-state index contributed by atoms with van der Waals surface area (Å²) in [4.78, 5) is 24.2. The Kier molecular flexibility index (Phi) is 3.71. The van der Waals surface area contributed by atoms with Crippen molar-refractivity contribution in [2.45, 2.75) is 19.1 Å². The fraction of sp³-hybridized carbons (Fsp3) is 0.385. The largest absolute Gasteiger partial charge is 0.479 e. The number of aliphatic carboxylic acids is 1. The molecule has 0 spiro atoms. The minimum Gasteiger partial charge on any atom is -0.479 e. The zero-order chi connectivity index (χ0) is 13.9. The molecule has 1 N–H and O–H groups in total. The molecule has 1 saturated heterocycles. The maximum Gasteiger partial charge on any atom is 0.412 e. The molecule has 0 bridgehead atoms. The van der Waals surface area contributed by atoms with Gasteiger partial charge < -0.3 is 14.6 Å². The van der Waals surface area contributed by atoms with Crippen molar-refractivity contribution in [1.82, 2.24) is 4.90 Å². The van der Waals surface area contributed by atoms with Crippen LogP contribution in [0.1, 0.15) is 12.5 Å². The van der Waals surface area contributed by atoms with Gasteiger partial charge in [-0.25, -0.2) is 9.59 Å². The predicted octanol–water partition coefficient (Wildman–Crippen LogP) is 1.46. The van der Waals surface area contributed by atoms with Gasteiger partial charge in [0.25, 0.3) is 0 Å². The van der Waals surface area contributed by atoms with Gasteiger partial charge in [-0.3, -0.25) is 4.90 Å². The molecule has 2 rings (SSSR count). The van der Waals surface area contributed by atoms with Gasteiger partial charge in [0.15, 0.2) is 5.54 Å². The van der Waals surface area contributed by atoms with Crippen molar-refractivity contribution in [3.63, 3.8) is 0 Å². The number of hydrogen-bond acceptors (Lipinski definition) is 4. The molecule has 1 amide bonds. The second-order valence-electron chi connectivity index (χ2n) is 4.52. The highest BCUT2D eigenvalue weighted by molar-refractivity contribution is 5.84. The second kappa shape index (κ2) is 5.27. The third kappa shape index (κ3) is 2.68. The van der Waals surface area contributed by atoms with Gasteiger partial charge in [0.1, 0.15) is 13.3 Å². The lowest BCUT2D eigenvalue weighted by Gasteiger charge is -2.27. The quantitative estimate of drug-likeness (QED) is 0.895. The molecular weight excluding hydrogens is 250 g/mol. The molecule has 1 fully saturated rings. The monoisotopic (exact) mass is 265 g/mol. The summed E-state index contributed by atoms with van der Waals surface area (Å²) in [6.45, 7) is 1.43. The number of nitrogens with zero attached hydrogens (tertiary/aromatic N) is 1. The van der Waals surface area contributed by atoms with E-state index in [1.54, 1.807) is 0 Å². The van der Waals surface area contributed by atoms with Crippen molar-refractivity contribution in [3.8, 4) is 0 Å². The number of benzene rings is 1. The first-order valence-electron chi connectivity index (χ1n) is 5.83. The van der Waals surface area contributed by atoms with Gasteiger partial charge >= 0.3 is 12.1 Å². The Hall–Kier alpha value is -2.08. The van der Waals surface area contributed by atoms with Gasteiger partial charge in [0, 0.05) is 0 Å². The summed E-state index contributed by atoms with van der Waals surface area (Å²) in [7, 11) is 0. The van der Waals surface area contributed by atoms with Crippen molar-refractivity contribution in [2.24, 2.45) is 0 Å². The SMILES string of the molecule is C[C@@]1(C(=O)O)COCN1C(=O)OCc1ccccc1. The van der Waals surface area contributed by atoms with Crippen molar-refractivity contribution >= 4 is 12.1 Å². The van der Waals surface area contributed by atoms with Crippen LogP contribution in [0.3, 0.4) is 0 Å². The zero-order valence-corrected chi connectivity index (χ0v) is 10.5. The van der Waals surface area contributed by atoms with E-state index < -0.39 is 17.6 Å². The third-order valence-corrected chi connectivity index (χ3v) is 3.09. The van der Waals surface area contributed by atoms with E-state index in [1.807, 2.05) is 30.3 Å². The van der Waals surface area contributed by atoms with Crippen LogP contribution in [0.5, 0.6) is 0 Å². The molecule has 6 heteroatoms. The van der Waals surface area contributed by atoms with Crippen LogP contribution in [0, 0.1) is 0 Å². The van der Waals surface area contributed by atoms with E-state index in [4.69, 9.17) is 14.6 Å². The normalized spacial score (nSPS) is 22.3. The highest BCUT2D eigenvalue weighted by atomic mass is 16.6. The van der Waals surface area contributed by atoms with Gasteiger partial charge in [-0.05, 0) is 12.5 Å². The molecule has 19 heavy (non-hydrogen) atoms. The summed E-state index contributed by atoms with van der Waals surface area (Å²) in [6, 6.07) is 9.18. The van der Waals surface area contributed by atoms with Crippen LogP contribution < -0.4 is 0 Å². The third-order valence-electron chi connectivity index (χ3n) is 3.09. The molecule has 6 nitrogen and oxygen atoms in total. The average molecular weight is 265 g/mol. The Labute approximate surface area is 110 Å². The molecule has 1 aromatic carbocycles. The number of ether oxygens (including phenoxy) is 2. The Balaban J connectivity index is 1.98. The van der Waals surface area contributed by atoms with Crippen LogP contribution in [-0.2, 0) is 20.9 Å². The Bertz CT molecular complexity index is 475. The van der Waals surface area contributed by atoms with Crippen molar-refractivity contribution in [1.29, 1.82) is 0 Å². The zero-order valence-electron chi connectivity index (χ0n) is 10.5. The van der Waals surface area contributed by atoms with Crippen LogP contribution in [-0.4, -0.2) is 40.9 Å². The van der Waals surface area contributed by atoms with Gasteiger partial charge in [-0.1, -0.05) is 30.3 Å². The molecule has 0 saturated carbocycles. The van der Waals surface area contributed by atoms with Gasteiger partial charge in [0.05, 0.1) is 6.61 Å². The number of carboxylic acids is 1. The fourth-order valence-corrected chi connectivity index (χ4v) is 1.78. The molecule has 1 aliphatic heterocycles. The van der Waals surface area contributed by atoms with E-state index in [9.17, 15) is 9.59 Å². The average Bonchev–Trinajstić information content (AvgIpc) is 2.81. The van der Waals surface area contributed by atoms with Crippen LogP contribution in [0.25, 0.3) is 0 Å². The summed E-state index contributed by atoms with van der Waals surface area (Å²) in [5.74, 6) is -1.11. The van der Waals surface area contributed by atoms with Gasteiger partial charge in [-0.15, -0.1) is 0 Å². The Morgan fingerprint density at radius 1 is 1.42 bits per heavy atom. The first-order valence-corrected chi connectivity index (χ1v) is 5.83. The summed E-state index contributed by atoms with van der Waals surface area (Å²) < 4.78 is 10.2. The number of carbonyl (C=O) groups is 2. The number of carbonyl (C=O) groups excluding carboxylic acids is 1. The maximum absolute atomic E-state index is 11.9. The molecule has 1 atom stereocenters. The summed E-state index contributed by atoms with van der Waals surface area (Å²) >= 11 is 0. The van der Waals surface area contributed by atoms with E-state index >= 15 is 0 Å². The highest BCUT2D eigenvalue weighted by Crippen LogP contribution is 2.23. The van der Waals surface area contributed by atoms with Crippen LogP contribution in [0.15, 0.2) is 30.3 Å². The summed E-state index contributed by atoms with van der Waals surface area (Å²) in [5.41, 5.74) is -0.527. The number of hydrogen-bond donors (Lipinski definition) is 1. The molecule has 0 unspecified atom stereocenters. The van der Waals surface area contributed by atoms with E-state index in [1.165, 1.54) is 6.92 Å². The van der Waals surface area contributed by atoms with E-state index in [-0.39, 0.29) is 19.9 Å². The van der Waals surface area contributed by atoms with Crippen LogP contribution >= 0.6 is 0 Å². The smallest absolute Gasteiger partial charge is 0.412 e. The van der Waals surface area contributed by atoms with Crippen LogP contribution in [0.2, 0.25) is 0 Å². The number of rotatable bonds is 3. The van der Waals surface area contributed by atoms with Crippen molar-refractivity contribution in [2.75, 3.05) is 13.3 Å². The Morgan fingerprint density at radius 2 is 2.11 bits per heavy atom. The molecule has 1 aliphatic rings. The summed E-state index contributed by atoms with van der Waals surface area (Å²) in [6.07, 6.45) is -0.689.